The highest BCUT2D eigenvalue weighted by Gasteiger charge is 1.84. The minimum absolute atomic E-state index is 0.681. The molecule has 0 saturated heterocycles. The highest BCUT2D eigenvalue weighted by Crippen LogP contribution is 1.95. The van der Waals surface area contributed by atoms with Gasteiger partial charge in [0, 0.05) is 6.21 Å². The number of aromatic nitrogens is 2. The van der Waals surface area contributed by atoms with Crippen molar-refractivity contribution in [2.24, 2.45) is 5.16 Å². The van der Waals surface area contributed by atoms with E-state index in [4.69, 9.17) is 0 Å². The molecular weight excluding hydrogens is 126 g/mol. The molecule has 8 heavy (non-hydrogen) atoms. The predicted molar refractivity (Wildman–Crippen MR) is 30.9 cm³/mol. The summed E-state index contributed by atoms with van der Waals surface area (Å²) in [4.78, 5) is 0.681. The topological polar surface area (TPSA) is 61.2 Å². The van der Waals surface area contributed by atoms with E-state index in [-0.39, 0.29) is 0 Å². The summed E-state index contributed by atoms with van der Waals surface area (Å²) in [7, 11) is 0. The van der Waals surface area contributed by atoms with E-state index in [9.17, 15) is 5.21 Å². The second-order valence-electron chi connectivity index (χ2n) is 1.05. The van der Waals surface area contributed by atoms with Crippen LogP contribution >= 0.6 is 11.5 Å². The van der Waals surface area contributed by atoms with Gasteiger partial charge >= 0.3 is 0 Å². The number of nitrogens with zero attached hydrogens (tertiary/aromatic N) is 3. The zero-order chi connectivity index (χ0) is 5.82. The molecule has 1 rings (SSSR count). The van der Waals surface area contributed by atoms with Gasteiger partial charge in [0.25, 0.3) is 0 Å². The zero-order valence-corrected chi connectivity index (χ0v) is 4.63. The van der Waals surface area contributed by atoms with E-state index in [1.165, 1.54) is 12.4 Å². The van der Waals surface area contributed by atoms with Gasteiger partial charge in [-0.3, -0.25) is 0 Å². The molecule has 0 fully saturated rings. The molecule has 0 atom stereocenters. The van der Waals surface area contributed by atoms with Gasteiger partial charge in [-0.15, -0.1) is 5.10 Å². The third kappa shape index (κ3) is 1.00. The van der Waals surface area contributed by atoms with E-state index in [0.717, 1.165) is 11.5 Å². The summed E-state index contributed by atoms with van der Waals surface area (Å²) in [6.45, 7) is 0. The monoisotopic (exact) mass is 128 g/mol. The molecule has 0 saturated carbocycles. The Kier molecular flexibility index (Phi) is 1.53. The van der Waals surface area contributed by atoms with E-state index in [0.29, 0.717) is 4.88 Å². The van der Waals surface area contributed by atoms with Crippen molar-refractivity contribution in [2.75, 3.05) is 0 Å². The first-order valence-electron chi connectivity index (χ1n) is 1.86. The molecule has 42 valence electrons. The van der Waals surface area contributed by atoms with Gasteiger partial charge in [0.1, 0.15) is 0 Å². The van der Waals surface area contributed by atoms with Crippen molar-refractivity contribution in [3.63, 3.8) is 0 Å². The lowest BCUT2D eigenvalue weighted by molar-refractivity contribution is 1.16. The largest absolute Gasteiger partial charge is 0.792 e. The molecule has 1 heterocycles. The fourth-order valence-electron chi connectivity index (χ4n) is 0.284. The smallest absolute Gasteiger partial charge is 0.0855 e. The SMILES string of the molecule is [O-]/N=C/c1cnns1. The molecule has 4 nitrogen and oxygen atoms in total. The Bertz CT molecular complexity index is 171. The van der Waals surface area contributed by atoms with Crippen LogP contribution in [0, 0.1) is 5.21 Å². The minimum atomic E-state index is 0.681. The van der Waals surface area contributed by atoms with E-state index >= 15 is 0 Å². The Labute approximate surface area is 49.6 Å². The van der Waals surface area contributed by atoms with Crippen molar-refractivity contribution in [1.82, 2.24) is 9.59 Å². The Morgan fingerprint density at radius 2 is 2.75 bits per heavy atom. The van der Waals surface area contributed by atoms with Gasteiger partial charge in [-0.1, -0.05) is 4.49 Å². The van der Waals surface area contributed by atoms with Crippen LogP contribution in [-0.4, -0.2) is 15.8 Å². The summed E-state index contributed by atoms with van der Waals surface area (Å²) in [5.41, 5.74) is 0. The van der Waals surface area contributed by atoms with E-state index in [1.54, 1.807) is 0 Å². The molecule has 1 aromatic rings. The van der Waals surface area contributed by atoms with Gasteiger partial charge in [-0.25, -0.2) is 0 Å². The molecular formula is C3H2N3OS-. The Hall–Kier alpha value is -0.970. The molecule has 0 amide bonds. The summed E-state index contributed by atoms with van der Waals surface area (Å²) in [6, 6.07) is 0. The molecule has 0 aliphatic heterocycles. The molecule has 0 aliphatic rings. The quantitative estimate of drug-likeness (QED) is 0.407. The van der Waals surface area contributed by atoms with Crippen molar-refractivity contribution in [1.29, 1.82) is 0 Å². The summed E-state index contributed by atoms with van der Waals surface area (Å²) < 4.78 is 3.50. The van der Waals surface area contributed by atoms with Crippen LogP contribution in [0.1, 0.15) is 4.88 Å². The fourth-order valence-corrected chi connectivity index (χ4v) is 0.657. The zero-order valence-electron chi connectivity index (χ0n) is 3.81. The van der Waals surface area contributed by atoms with Gasteiger partial charge < -0.3 is 10.4 Å². The van der Waals surface area contributed by atoms with Crippen LogP contribution in [0.5, 0.6) is 0 Å². The van der Waals surface area contributed by atoms with Crippen LogP contribution in [0.25, 0.3) is 0 Å². The van der Waals surface area contributed by atoms with Gasteiger partial charge in [0.15, 0.2) is 0 Å². The van der Waals surface area contributed by atoms with Crippen LogP contribution in [0.4, 0.5) is 0 Å². The summed E-state index contributed by atoms with van der Waals surface area (Å²) in [6.07, 6.45) is 2.65. The average molecular weight is 128 g/mol. The van der Waals surface area contributed by atoms with E-state index in [2.05, 4.69) is 14.7 Å². The van der Waals surface area contributed by atoms with E-state index in [1.807, 2.05) is 0 Å². The van der Waals surface area contributed by atoms with Gasteiger partial charge in [-0.2, -0.15) is 0 Å². The lowest BCUT2D eigenvalue weighted by atomic mass is 10.6. The molecule has 0 N–H and O–H groups in total. The third-order valence-corrected chi connectivity index (χ3v) is 1.16. The molecule has 1 aromatic heterocycles. The maximum atomic E-state index is 9.52. The minimum Gasteiger partial charge on any atom is -0.792 e. The molecule has 0 unspecified atom stereocenters. The van der Waals surface area contributed by atoms with Crippen molar-refractivity contribution >= 4 is 17.7 Å². The fraction of sp³-hybridized carbons (Fsp3) is 0. The second-order valence-corrected chi connectivity index (χ2v) is 1.87. The summed E-state index contributed by atoms with van der Waals surface area (Å²) >= 11 is 1.14. The Morgan fingerprint density at radius 1 is 1.88 bits per heavy atom. The predicted octanol–water partition coefficient (Wildman–Crippen LogP) is 0.455. The molecule has 5 heteroatoms. The van der Waals surface area contributed by atoms with Gasteiger partial charge in [0.2, 0.25) is 0 Å². The Morgan fingerprint density at radius 3 is 3.25 bits per heavy atom. The van der Waals surface area contributed by atoms with Gasteiger partial charge in [0.05, 0.1) is 11.1 Å². The first-order valence-corrected chi connectivity index (χ1v) is 2.64. The van der Waals surface area contributed by atoms with Crippen molar-refractivity contribution in [3.8, 4) is 0 Å². The van der Waals surface area contributed by atoms with E-state index < -0.39 is 0 Å². The molecule has 0 spiro atoms. The Balaban J connectivity index is 2.77. The van der Waals surface area contributed by atoms with Crippen LogP contribution in [-0.2, 0) is 0 Å². The molecule has 0 radical (unpaired) electrons. The lowest BCUT2D eigenvalue weighted by Gasteiger charge is -1.83. The standard InChI is InChI=1S/C3H3N3OS/c7-5-2-3-1-4-6-8-3/h1-2,7H/p-1/b5-2+. The third-order valence-electron chi connectivity index (χ3n) is 0.558. The first-order chi connectivity index (χ1) is 3.93. The van der Waals surface area contributed by atoms with Crippen LogP contribution < -0.4 is 0 Å². The first kappa shape index (κ1) is 5.17. The highest BCUT2D eigenvalue weighted by molar-refractivity contribution is 7.07. The number of hydrogen-bond donors (Lipinski definition) is 0. The number of rotatable bonds is 1. The van der Waals surface area contributed by atoms with Crippen molar-refractivity contribution < 1.29 is 0 Å². The summed E-state index contributed by atoms with van der Waals surface area (Å²) in [5, 5.41) is 15.5. The maximum Gasteiger partial charge on any atom is 0.0855 e. The normalized spacial score (nSPS) is 10.5. The van der Waals surface area contributed by atoms with Gasteiger partial charge in [-0.05, 0) is 11.5 Å². The number of hydrogen-bond acceptors (Lipinski definition) is 5. The lowest BCUT2D eigenvalue weighted by Crippen LogP contribution is -1.67. The molecule has 0 aliphatic carbocycles. The molecule has 0 aromatic carbocycles. The van der Waals surface area contributed by atoms with Crippen molar-refractivity contribution in [2.45, 2.75) is 0 Å². The summed E-state index contributed by atoms with van der Waals surface area (Å²) in [5.74, 6) is 0. The van der Waals surface area contributed by atoms with Crippen LogP contribution in [0.3, 0.4) is 0 Å². The highest BCUT2D eigenvalue weighted by atomic mass is 32.1. The van der Waals surface area contributed by atoms with Crippen LogP contribution in [0.2, 0.25) is 0 Å². The van der Waals surface area contributed by atoms with Crippen LogP contribution in [0.15, 0.2) is 11.4 Å². The maximum absolute atomic E-state index is 9.52. The molecule has 0 bridgehead atoms. The second kappa shape index (κ2) is 2.37. The average Bonchev–Trinajstić information content (AvgIpc) is 2.19. The van der Waals surface area contributed by atoms with Crippen molar-refractivity contribution in [3.05, 3.63) is 16.3 Å².